The van der Waals surface area contributed by atoms with Crippen LogP contribution in [-0.2, 0) is 9.59 Å². The minimum absolute atomic E-state index is 0.176. The lowest BCUT2D eigenvalue weighted by molar-refractivity contribution is -0.139. The van der Waals surface area contributed by atoms with Crippen LogP contribution in [0.3, 0.4) is 0 Å². The van der Waals surface area contributed by atoms with Crippen molar-refractivity contribution in [1.82, 2.24) is 0 Å². The lowest BCUT2D eigenvalue weighted by atomic mass is 10.1. The lowest BCUT2D eigenvalue weighted by Crippen LogP contribution is -2.35. The Hall–Kier alpha value is -1.22. The lowest BCUT2D eigenvalue weighted by Gasteiger charge is -2.20. The minimum atomic E-state index is -1.10. The zero-order chi connectivity index (χ0) is 15.1. The summed E-state index contributed by atoms with van der Waals surface area (Å²) in [7, 11) is 2.43. The summed E-state index contributed by atoms with van der Waals surface area (Å²) in [6, 6.07) is 6.94. The highest BCUT2D eigenvalue weighted by atomic mass is 33.1. The smallest absolute Gasteiger partial charge is 0.322 e. The molecule has 0 aromatic heterocycles. The van der Waals surface area contributed by atoms with Crippen LogP contribution in [-0.4, -0.2) is 40.0 Å². The van der Waals surface area contributed by atoms with Crippen LogP contribution in [0.15, 0.2) is 30.3 Å². The highest BCUT2D eigenvalue weighted by molar-refractivity contribution is 8.76. The van der Waals surface area contributed by atoms with Crippen LogP contribution in [0.2, 0.25) is 0 Å². The first-order chi connectivity index (χ1) is 9.43. The fraction of sp³-hybridized carbons (Fsp3) is 0.333. The minimum Gasteiger partial charge on any atom is -0.480 e. The highest BCUT2D eigenvalue weighted by Gasteiger charge is 2.27. The summed E-state index contributed by atoms with van der Waals surface area (Å²) in [5.41, 5.74) is 11.9. The van der Waals surface area contributed by atoms with E-state index in [1.165, 1.54) is 21.6 Å². The molecular formula is C12H16N2O4S2. The second-order valence-electron chi connectivity index (χ2n) is 4.02. The molecule has 0 bridgehead atoms. The molecule has 0 fully saturated rings. The second-order valence-corrected chi connectivity index (χ2v) is 6.57. The molecule has 0 saturated carbocycles. The fourth-order valence-electron chi connectivity index (χ4n) is 1.35. The molecule has 0 aliphatic rings. The van der Waals surface area contributed by atoms with Gasteiger partial charge in [0.15, 0.2) is 0 Å². The van der Waals surface area contributed by atoms with Gasteiger partial charge in [0.1, 0.15) is 12.1 Å². The van der Waals surface area contributed by atoms with E-state index in [4.69, 9.17) is 21.7 Å². The number of hydrogen-bond acceptors (Lipinski definition) is 6. The Balaban J connectivity index is 2.70. The summed E-state index contributed by atoms with van der Waals surface area (Å²) in [6.45, 7) is 0. The van der Waals surface area contributed by atoms with E-state index in [1.54, 1.807) is 24.3 Å². The molecule has 6 nitrogen and oxygen atoms in total. The van der Waals surface area contributed by atoms with Gasteiger partial charge in [0.2, 0.25) is 0 Å². The zero-order valence-corrected chi connectivity index (χ0v) is 12.1. The highest BCUT2D eigenvalue weighted by Crippen LogP contribution is 2.40. The van der Waals surface area contributed by atoms with Crippen molar-refractivity contribution in [3.63, 3.8) is 0 Å². The molecule has 0 aliphatic carbocycles. The summed E-state index contributed by atoms with van der Waals surface area (Å²) < 4.78 is 0. The van der Waals surface area contributed by atoms with Crippen molar-refractivity contribution in [2.75, 3.05) is 5.75 Å². The molecule has 0 heterocycles. The normalized spacial score (nSPS) is 15.3. The first-order valence-electron chi connectivity index (χ1n) is 5.73. The van der Waals surface area contributed by atoms with Gasteiger partial charge in [-0.05, 0) is 5.56 Å². The first kappa shape index (κ1) is 16.8. The van der Waals surface area contributed by atoms with Crippen molar-refractivity contribution in [3.8, 4) is 0 Å². The van der Waals surface area contributed by atoms with Gasteiger partial charge in [-0.15, -0.1) is 0 Å². The molecule has 3 atom stereocenters. The summed E-state index contributed by atoms with van der Waals surface area (Å²) in [6.07, 6.45) is 0. The molecule has 8 heteroatoms. The number of benzene rings is 1. The molecule has 1 unspecified atom stereocenters. The second kappa shape index (κ2) is 8.15. The quantitative estimate of drug-likeness (QED) is 0.522. The van der Waals surface area contributed by atoms with Gasteiger partial charge in [-0.25, -0.2) is 0 Å². The van der Waals surface area contributed by atoms with E-state index in [0.717, 1.165) is 5.56 Å². The van der Waals surface area contributed by atoms with E-state index in [9.17, 15) is 9.59 Å². The standard InChI is InChI=1S/C12H16N2O4S2/c13-8(11(15)16)6-19-20-10(9(14)12(17)18)7-4-2-1-3-5-7/h1-5,8-10H,6,13-14H2,(H,15,16)(H,17,18)/t8-,9-,10?/m0/s1. The third-order valence-electron chi connectivity index (χ3n) is 2.48. The average Bonchev–Trinajstić information content (AvgIpc) is 2.43. The van der Waals surface area contributed by atoms with Crippen LogP contribution in [0, 0.1) is 0 Å². The van der Waals surface area contributed by atoms with Gasteiger partial charge >= 0.3 is 11.9 Å². The van der Waals surface area contributed by atoms with Gasteiger partial charge in [0.05, 0.1) is 5.25 Å². The number of carboxylic acids is 2. The topological polar surface area (TPSA) is 127 Å². The van der Waals surface area contributed by atoms with Crippen molar-refractivity contribution in [3.05, 3.63) is 35.9 Å². The Labute approximate surface area is 124 Å². The number of hydrogen-bond donors (Lipinski definition) is 4. The van der Waals surface area contributed by atoms with E-state index >= 15 is 0 Å². The molecule has 1 rings (SSSR count). The van der Waals surface area contributed by atoms with E-state index in [2.05, 4.69) is 0 Å². The first-order valence-corrected chi connectivity index (χ1v) is 8.11. The molecule has 110 valence electrons. The van der Waals surface area contributed by atoms with E-state index in [-0.39, 0.29) is 5.75 Å². The van der Waals surface area contributed by atoms with Gasteiger partial charge in [-0.1, -0.05) is 51.9 Å². The van der Waals surface area contributed by atoms with Crippen LogP contribution < -0.4 is 11.5 Å². The number of aliphatic carboxylic acids is 2. The Kier molecular flexibility index (Phi) is 6.86. The number of carbonyl (C=O) groups is 2. The van der Waals surface area contributed by atoms with Crippen molar-refractivity contribution in [1.29, 1.82) is 0 Å². The molecule has 0 aliphatic heterocycles. The van der Waals surface area contributed by atoms with Gasteiger partial charge < -0.3 is 21.7 Å². The van der Waals surface area contributed by atoms with Gasteiger partial charge in [0, 0.05) is 5.75 Å². The fourth-order valence-corrected chi connectivity index (χ4v) is 4.18. The maximum atomic E-state index is 11.1. The molecular weight excluding hydrogens is 300 g/mol. The maximum Gasteiger partial charge on any atom is 0.322 e. The van der Waals surface area contributed by atoms with Crippen LogP contribution in [0.5, 0.6) is 0 Å². The van der Waals surface area contributed by atoms with Crippen LogP contribution >= 0.6 is 21.6 Å². The summed E-state index contributed by atoms with van der Waals surface area (Å²) >= 11 is 0. The molecule has 1 aromatic rings. The molecule has 20 heavy (non-hydrogen) atoms. The van der Waals surface area contributed by atoms with E-state index < -0.39 is 29.3 Å². The van der Waals surface area contributed by atoms with Crippen molar-refractivity contribution in [2.45, 2.75) is 17.3 Å². The largest absolute Gasteiger partial charge is 0.480 e. The summed E-state index contributed by atoms with van der Waals surface area (Å²) in [5.74, 6) is -2.01. The Bertz CT molecular complexity index is 458. The van der Waals surface area contributed by atoms with Crippen LogP contribution in [0.25, 0.3) is 0 Å². The maximum absolute atomic E-state index is 11.1. The Morgan fingerprint density at radius 3 is 2.20 bits per heavy atom. The molecule has 0 radical (unpaired) electrons. The third-order valence-corrected chi connectivity index (χ3v) is 5.32. The van der Waals surface area contributed by atoms with Gasteiger partial charge in [0.25, 0.3) is 0 Å². The zero-order valence-electron chi connectivity index (χ0n) is 10.5. The summed E-state index contributed by atoms with van der Waals surface area (Å²) in [5, 5.41) is 17.3. The van der Waals surface area contributed by atoms with E-state index in [1.807, 2.05) is 6.07 Å². The molecule has 0 spiro atoms. The number of carboxylic acid groups (broad SMARTS) is 2. The predicted octanol–water partition coefficient (Wildman–Crippen LogP) is 0.933. The van der Waals surface area contributed by atoms with Crippen molar-refractivity contribution in [2.24, 2.45) is 11.5 Å². The average molecular weight is 316 g/mol. The third kappa shape index (κ3) is 5.04. The Morgan fingerprint density at radius 1 is 1.10 bits per heavy atom. The van der Waals surface area contributed by atoms with E-state index in [0.29, 0.717) is 0 Å². The summed E-state index contributed by atoms with van der Waals surface area (Å²) in [4.78, 5) is 21.7. The van der Waals surface area contributed by atoms with Crippen molar-refractivity contribution < 1.29 is 19.8 Å². The molecule has 0 amide bonds. The molecule has 1 aromatic carbocycles. The van der Waals surface area contributed by atoms with Crippen LogP contribution in [0.4, 0.5) is 0 Å². The Morgan fingerprint density at radius 2 is 1.70 bits per heavy atom. The SMILES string of the molecule is N[C@H](C(=O)O)C(SSC[C@H](N)C(=O)O)c1ccccc1. The molecule has 6 N–H and O–H groups in total. The van der Waals surface area contributed by atoms with Gasteiger partial charge in [-0.2, -0.15) is 0 Å². The number of rotatable bonds is 8. The van der Waals surface area contributed by atoms with Crippen molar-refractivity contribution >= 4 is 33.5 Å². The van der Waals surface area contributed by atoms with Gasteiger partial charge in [-0.3, -0.25) is 9.59 Å². The predicted molar refractivity (Wildman–Crippen MR) is 80.5 cm³/mol. The molecule has 0 saturated heterocycles. The van der Waals surface area contributed by atoms with Crippen LogP contribution in [0.1, 0.15) is 10.8 Å². The monoisotopic (exact) mass is 316 g/mol. The number of nitrogens with two attached hydrogens (primary N) is 2.